The van der Waals surface area contributed by atoms with Crippen LogP contribution in [0.25, 0.3) is 0 Å². The van der Waals surface area contributed by atoms with Crippen LogP contribution in [0.4, 0.5) is 0 Å². The third-order valence-electron chi connectivity index (χ3n) is 4.09. The lowest BCUT2D eigenvalue weighted by Crippen LogP contribution is -2.26. The minimum Gasteiger partial charge on any atom is -0.497 e. The number of aromatic nitrogens is 2. The first-order chi connectivity index (χ1) is 9.78. The van der Waals surface area contributed by atoms with Gasteiger partial charge in [0.1, 0.15) is 11.6 Å². The smallest absolute Gasteiger partial charge is 0.122 e. The van der Waals surface area contributed by atoms with Gasteiger partial charge in [-0.15, -0.1) is 0 Å². The van der Waals surface area contributed by atoms with Crippen molar-refractivity contribution in [3.05, 3.63) is 47.5 Å². The highest BCUT2D eigenvalue weighted by atomic mass is 16.5. The molecule has 4 nitrogen and oxygen atoms in total. The van der Waals surface area contributed by atoms with Gasteiger partial charge in [0, 0.05) is 25.5 Å². The van der Waals surface area contributed by atoms with E-state index in [1.54, 1.807) is 7.11 Å². The van der Waals surface area contributed by atoms with E-state index in [-0.39, 0.29) is 0 Å². The van der Waals surface area contributed by atoms with Crippen molar-refractivity contribution in [3.63, 3.8) is 0 Å². The second-order valence-corrected chi connectivity index (χ2v) is 5.34. The molecule has 0 spiro atoms. The molecule has 0 fully saturated rings. The quantitative estimate of drug-likeness (QED) is 0.929. The molecule has 1 N–H and O–H groups in total. The van der Waals surface area contributed by atoms with E-state index in [2.05, 4.69) is 33.1 Å². The molecule has 1 aromatic heterocycles. The Hall–Kier alpha value is -1.81. The number of rotatable bonds is 4. The highest BCUT2D eigenvalue weighted by Gasteiger charge is 2.20. The first-order valence-corrected chi connectivity index (χ1v) is 7.14. The largest absolute Gasteiger partial charge is 0.497 e. The number of fused-ring (bicyclic) bond motifs is 1. The lowest BCUT2D eigenvalue weighted by molar-refractivity contribution is 0.410. The van der Waals surface area contributed by atoms with Crippen molar-refractivity contribution in [1.82, 2.24) is 14.9 Å². The van der Waals surface area contributed by atoms with Gasteiger partial charge in [-0.1, -0.05) is 6.07 Å². The zero-order chi connectivity index (χ0) is 13.9. The molecule has 4 heteroatoms. The van der Waals surface area contributed by atoms with E-state index in [0.717, 1.165) is 24.5 Å². The third kappa shape index (κ3) is 2.56. The normalized spacial score (nSPS) is 17.8. The zero-order valence-electron chi connectivity index (χ0n) is 12.1. The van der Waals surface area contributed by atoms with E-state index in [9.17, 15) is 0 Å². The molecule has 1 heterocycles. The monoisotopic (exact) mass is 271 g/mol. The predicted molar refractivity (Wildman–Crippen MR) is 78.7 cm³/mol. The highest BCUT2D eigenvalue weighted by molar-refractivity contribution is 5.39. The van der Waals surface area contributed by atoms with Gasteiger partial charge in [0.05, 0.1) is 13.7 Å². The van der Waals surface area contributed by atoms with E-state index >= 15 is 0 Å². The molecule has 2 aromatic rings. The fraction of sp³-hybridized carbons (Fsp3) is 0.438. The second-order valence-electron chi connectivity index (χ2n) is 5.34. The van der Waals surface area contributed by atoms with Crippen molar-refractivity contribution in [1.29, 1.82) is 0 Å². The first kappa shape index (κ1) is 13.2. The number of nitrogens with zero attached hydrogens (tertiary/aromatic N) is 2. The summed E-state index contributed by atoms with van der Waals surface area (Å²) in [4.78, 5) is 4.36. The molecule has 1 aliphatic rings. The molecule has 3 rings (SSSR count). The van der Waals surface area contributed by atoms with Crippen molar-refractivity contribution in [2.24, 2.45) is 7.05 Å². The van der Waals surface area contributed by atoms with Crippen LogP contribution in [0.3, 0.4) is 0 Å². The Kier molecular flexibility index (Phi) is 3.74. The topological polar surface area (TPSA) is 39.1 Å². The van der Waals surface area contributed by atoms with Crippen LogP contribution in [0.5, 0.6) is 5.75 Å². The van der Waals surface area contributed by atoms with Crippen molar-refractivity contribution < 1.29 is 4.74 Å². The van der Waals surface area contributed by atoms with E-state index < -0.39 is 0 Å². The number of nitrogens with one attached hydrogen (secondary N) is 1. The maximum absolute atomic E-state index is 5.32. The summed E-state index contributed by atoms with van der Waals surface area (Å²) in [6.07, 6.45) is 7.38. The Bertz CT molecular complexity index is 591. The molecule has 106 valence electrons. The van der Waals surface area contributed by atoms with Gasteiger partial charge in [0.15, 0.2) is 0 Å². The van der Waals surface area contributed by atoms with Gasteiger partial charge in [0.25, 0.3) is 0 Å². The number of aryl methyl sites for hydroxylation is 2. The molecule has 1 aromatic carbocycles. The summed E-state index contributed by atoms with van der Waals surface area (Å²) < 4.78 is 7.38. The molecule has 1 atom stereocenters. The Morgan fingerprint density at radius 3 is 3.10 bits per heavy atom. The van der Waals surface area contributed by atoms with Crippen LogP contribution in [0, 0.1) is 0 Å². The number of hydrogen-bond donors (Lipinski definition) is 1. The number of methoxy groups -OCH3 is 1. The summed E-state index contributed by atoms with van der Waals surface area (Å²) in [5, 5.41) is 3.63. The van der Waals surface area contributed by atoms with Crippen molar-refractivity contribution in [2.45, 2.75) is 31.8 Å². The standard InChI is InChI=1S/C16H21N3O/c1-19-9-8-17-16(19)11-18-15-5-3-4-12-10-13(20-2)6-7-14(12)15/h6-10,15,18H,3-5,11H2,1-2H3. The summed E-state index contributed by atoms with van der Waals surface area (Å²) >= 11 is 0. The second kappa shape index (κ2) is 5.67. The molecule has 0 radical (unpaired) electrons. The van der Waals surface area contributed by atoms with Crippen LogP contribution in [-0.2, 0) is 20.0 Å². The SMILES string of the molecule is COc1ccc2c(c1)CCCC2NCc1nccn1C. The molecule has 0 amide bonds. The minimum absolute atomic E-state index is 0.418. The van der Waals surface area contributed by atoms with Crippen molar-refractivity contribution >= 4 is 0 Å². The van der Waals surface area contributed by atoms with E-state index in [0.29, 0.717) is 6.04 Å². The fourth-order valence-corrected chi connectivity index (χ4v) is 2.91. The molecule has 0 saturated carbocycles. The molecular formula is C16H21N3O. The number of hydrogen-bond acceptors (Lipinski definition) is 3. The number of imidazole rings is 1. The summed E-state index contributed by atoms with van der Waals surface area (Å²) in [5.41, 5.74) is 2.82. The molecule has 0 saturated heterocycles. The van der Waals surface area contributed by atoms with E-state index in [1.807, 2.05) is 19.4 Å². The van der Waals surface area contributed by atoms with Crippen LogP contribution < -0.4 is 10.1 Å². The lowest BCUT2D eigenvalue weighted by Gasteiger charge is -2.26. The Morgan fingerprint density at radius 1 is 1.45 bits per heavy atom. The zero-order valence-corrected chi connectivity index (χ0v) is 12.1. The predicted octanol–water partition coefficient (Wildman–Crippen LogP) is 2.60. The van der Waals surface area contributed by atoms with Crippen molar-refractivity contribution in [2.75, 3.05) is 7.11 Å². The summed E-state index contributed by atoms with van der Waals surface area (Å²) in [7, 11) is 3.76. The van der Waals surface area contributed by atoms with Crippen LogP contribution in [-0.4, -0.2) is 16.7 Å². The van der Waals surface area contributed by atoms with E-state index in [1.165, 1.54) is 24.0 Å². The number of ether oxygens (including phenoxy) is 1. The Balaban J connectivity index is 1.75. The van der Waals surface area contributed by atoms with Crippen molar-refractivity contribution in [3.8, 4) is 5.75 Å². The third-order valence-corrected chi connectivity index (χ3v) is 4.09. The Labute approximate surface area is 119 Å². The average Bonchev–Trinajstić information content (AvgIpc) is 2.89. The molecule has 0 bridgehead atoms. The van der Waals surface area contributed by atoms with Crippen LogP contribution in [0.1, 0.15) is 35.8 Å². The molecule has 1 unspecified atom stereocenters. The fourth-order valence-electron chi connectivity index (χ4n) is 2.91. The maximum atomic E-state index is 5.32. The molecule has 1 aliphatic carbocycles. The maximum Gasteiger partial charge on any atom is 0.122 e. The van der Waals surface area contributed by atoms with Gasteiger partial charge in [-0.05, 0) is 42.5 Å². The van der Waals surface area contributed by atoms with Crippen LogP contribution >= 0.6 is 0 Å². The van der Waals surface area contributed by atoms with Crippen LogP contribution in [0.2, 0.25) is 0 Å². The first-order valence-electron chi connectivity index (χ1n) is 7.14. The molecular weight excluding hydrogens is 250 g/mol. The lowest BCUT2D eigenvalue weighted by atomic mass is 9.87. The van der Waals surface area contributed by atoms with Gasteiger partial charge in [-0.25, -0.2) is 4.98 Å². The van der Waals surface area contributed by atoms with Gasteiger partial charge < -0.3 is 14.6 Å². The van der Waals surface area contributed by atoms with Gasteiger partial charge in [0.2, 0.25) is 0 Å². The summed E-state index contributed by atoms with van der Waals surface area (Å²) in [6, 6.07) is 6.84. The molecule has 0 aliphatic heterocycles. The Morgan fingerprint density at radius 2 is 2.35 bits per heavy atom. The van der Waals surface area contributed by atoms with E-state index in [4.69, 9.17) is 4.74 Å². The summed E-state index contributed by atoms with van der Waals surface area (Å²) in [5.74, 6) is 2.03. The van der Waals surface area contributed by atoms with Crippen LogP contribution in [0.15, 0.2) is 30.6 Å². The van der Waals surface area contributed by atoms with Gasteiger partial charge in [-0.2, -0.15) is 0 Å². The van der Waals surface area contributed by atoms with Gasteiger partial charge in [-0.3, -0.25) is 0 Å². The van der Waals surface area contributed by atoms with Gasteiger partial charge >= 0.3 is 0 Å². The summed E-state index contributed by atoms with van der Waals surface area (Å²) in [6.45, 7) is 0.805. The average molecular weight is 271 g/mol. The molecule has 20 heavy (non-hydrogen) atoms. The number of benzene rings is 1. The highest BCUT2D eigenvalue weighted by Crippen LogP contribution is 2.32. The minimum atomic E-state index is 0.418.